The summed E-state index contributed by atoms with van der Waals surface area (Å²) in [4.78, 5) is 14.9. The highest BCUT2D eigenvalue weighted by molar-refractivity contribution is 9.11. The average molecular weight is 367 g/mol. The van der Waals surface area contributed by atoms with Gasteiger partial charge in [-0.25, -0.2) is 0 Å². The highest BCUT2D eigenvalue weighted by Gasteiger charge is 2.05. The van der Waals surface area contributed by atoms with Gasteiger partial charge in [0.15, 0.2) is 0 Å². The number of hydrogen-bond acceptors (Lipinski definition) is 4. The second kappa shape index (κ2) is 6.61. The van der Waals surface area contributed by atoms with Crippen LogP contribution in [0.25, 0.3) is 0 Å². The molecule has 1 aromatic carbocycles. The number of carboxylic acid groups (broad SMARTS) is 1. The lowest BCUT2D eigenvalue weighted by atomic mass is 10.2. The number of benzene rings is 1. The van der Waals surface area contributed by atoms with Gasteiger partial charge in [0, 0.05) is 10.0 Å². The first-order valence-corrected chi connectivity index (χ1v) is 6.14. The van der Waals surface area contributed by atoms with Gasteiger partial charge in [-0.05, 0) is 28.1 Å². The van der Waals surface area contributed by atoms with Gasteiger partial charge in [-0.15, -0.1) is 0 Å². The molecule has 0 aliphatic carbocycles. The molecule has 0 bridgehead atoms. The lowest BCUT2D eigenvalue weighted by Gasteiger charge is -2.02. The molecule has 1 aromatic rings. The molecule has 0 fully saturated rings. The molecule has 17 heavy (non-hydrogen) atoms. The predicted molar refractivity (Wildman–Crippen MR) is 69.3 cm³/mol. The molecule has 0 saturated carbocycles. The van der Waals surface area contributed by atoms with Crippen LogP contribution < -0.4 is 0 Å². The van der Waals surface area contributed by atoms with E-state index in [0.29, 0.717) is 10.0 Å². The van der Waals surface area contributed by atoms with Crippen LogP contribution in [0.4, 0.5) is 0 Å². The highest BCUT2D eigenvalue weighted by Crippen LogP contribution is 2.30. The Hall–Kier alpha value is -1.08. The normalized spacial score (nSPS) is 10.7. The topological polar surface area (TPSA) is 79.1 Å². The molecule has 0 amide bonds. The largest absolute Gasteiger partial charge is 0.506 e. The Morgan fingerprint density at radius 1 is 1.47 bits per heavy atom. The van der Waals surface area contributed by atoms with Crippen molar-refractivity contribution in [3.63, 3.8) is 0 Å². The molecular weight excluding hydrogens is 358 g/mol. The number of carboxylic acids is 1. The lowest BCUT2D eigenvalue weighted by Crippen LogP contribution is -1.99. The molecule has 0 unspecified atom stereocenters. The predicted octanol–water partition coefficient (Wildman–Crippen LogP) is 2.74. The molecule has 0 saturated heterocycles. The summed E-state index contributed by atoms with van der Waals surface area (Å²) in [6.45, 7) is -0.0121. The van der Waals surface area contributed by atoms with Gasteiger partial charge in [0.05, 0.1) is 17.1 Å². The lowest BCUT2D eigenvalue weighted by molar-refractivity contribution is -0.138. The van der Waals surface area contributed by atoms with Crippen molar-refractivity contribution in [3.05, 3.63) is 26.6 Å². The van der Waals surface area contributed by atoms with E-state index in [0.717, 1.165) is 4.47 Å². The van der Waals surface area contributed by atoms with E-state index in [1.807, 2.05) is 0 Å². The fourth-order valence-corrected chi connectivity index (χ4v) is 2.22. The summed E-state index contributed by atoms with van der Waals surface area (Å²) in [5.74, 6) is -0.910. The van der Waals surface area contributed by atoms with Crippen LogP contribution in [0.15, 0.2) is 26.2 Å². The summed E-state index contributed by atoms with van der Waals surface area (Å²) < 4.78 is 1.30. The molecule has 92 valence electrons. The number of phenolic OH excluding ortho intramolecular Hbond substituents is 1. The van der Waals surface area contributed by atoms with E-state index < -0.39 is 5.97 Å². The third kappa shape index (κ3) is 4.74. The summed E-state index contributed by atoms with van der Waals surface area (Å²) in [7, 11) is 0. The summed E-state index contributed by atoms with van der Waals surface area (Å²) in [6, 6.07) is 3.35. The summed E-state index contributed by atoms with van der Waals surface area (Å²) in [5.41, 5.74) is 0.460. The van der Waals surface area contributed by atoms with Crippen molar-refractivity contribution in [1.82, 2.24) is 0 Å². The van der Waals surface area contributed by atoms with Gasteiger partial charge in [0.2, 0.25) is 0 Å². The monoisotopic (exact) mass is 365 g/mol. The molecular formula is C10H9Br2NO4. The summed E-state index contributed by atoms with van der Waals surface area (Å²) in [6.07, 6.45) is 1.19. The molecule has 0 aromatic heterocycles. The van der Waals surface area contributed by atoms with Gasteiger partial charge < -0.3 is 15.1 Å². The number of rotatable bonds is 5. The molecule has 0 heterocycles. The minimum Gasteiger partial charge on any atom is -0.506 e. The van der Waals surface area contributed by atoms with Gasteiger partial charge >= 0.3 is 5.97 Å². The highest BCUT2D eigenvalue weighted by atomic mass is 79.9. The van der Waals surface area contributed by atoms with Crippen LogP contribution in [0.5, 0.6) is 5.75 Å². The Morgan fingerprint density at radius 3 is 2.82 bits per heavy atom. The van der Waals surface area contributed by atoms with Crippen molar-refractivity contribution < 1.29 is 19.8 Å². The fraction of sp³-hybridized carbons (Fsp3) is 0.200. The van der Waals surface area contributed by atoms with E-state index in [1.165, 1.54) is 6.21 Å². The van der Waals surface area contributed by atoms with Crippen LogP contribution in [0.2, 0.25) is 0 Å². The molecule has 5 nitrogen and oxygen atoms in total. The van der Waals surface area contributed by atoms with Gasteiger partial charge in [-0.1, -0.05) is 21.1 Å². The van der Waals surface area contributed by atoms with Gasteiger partial charge in [-0.2, -0.15) is 0 Å². The second-order valence-electron chi connectivity index (χ2n) is 3.04. The number of phenols is 1. The Balaban J connectivity index is 2.62. The van der Waals surface area contributed by atoms with Gasteiger partial charge in [0.1, 0.15) is 12.4 Å². The van der Waals surface area contributed by atoms with Crippen molar-refractivity contribution in [2.24, 2.45) is 5.16 Å². The third-order valence-electron chi connectivity index (χ3n) is 1.73. The Kier molecular flexibility index (Phi) is 5.43. The zero-order valence-corrected chi connectivity index (χ0v) is 11.7. The zero-order chi connectivity index (χ0) is 12.8. The molecule has 0 radical (unpaired) electrons. The molecule has 7 heteroatoms. The summed E-state index contributed by atoms with van der Waals surface area (Å²) in [5, 5.41) is 21.6. The van der Waals surface area contributed by atoms with Crippen LogP contribution in [-0.4, -0.2) is 29.0 Å². The number of nitrogens with zero attached hydrogens (tertiary/aromatic N) is 1. The van der Waals surface area contributed by atoms with E-state index in [1.54, 1.807) is 12.1 Å². The fourth-order valence-electron chi connectivity index (χ4n) is 0.964. The Bertz CT molecular complexity index is 448. The van der Waals surface area contributed by atoms with E-state index in [2.05, 4.69) is 37.0 Å². The third-order valence-corrected chi connectivity index (χ3v) is 2.79. The Morgan fingerprint density at radius 2 is 2.18 bits per heavy atom. The van der Waals surface area contributed by atoms with Crippen LogP contribution in [0, 0.1) is 0 Å². The smallest absolute Gasteiger partial charge is 0.306 e. The molecule has 0 aliphatic rings. The van der Waals surface area contributed by atoms with E-state index in [9.17, 15) is 9.90 Å². The zero-order valence-electron chi connectivity index (χ0n) is 8.56. The first-order valence-electron chi connectivity index (χ1n) is 4.56. The maximum atomic E-state index is 10.2. The van der Waals surface area contributed by atoms with Crippen molar-refractivity contribution in [2.75, 3.05) is 6.61 Å². The first-order chi connectivity index (χ1) is 8.00. The minimum atomic E-state index is -0.951. The summed E-state index contributed by atoms with van der Waals surface area (Å²) >= 11 is 6.45. The van der Waals surface area contributed by atoms with E-state index >= 15 is 0 Å². The van der Waals surface area contributed by atoms with Crippen molar-refractivity contribution in [1.29, 1.82) is 0 Å². The van der Waals surface area contributed by atoms with E-state index in [4.69, 9.17) is 9.94 Å². The van der Waals surface area contributed by atoms with Crippen molar-refractivity contribution in [3.8, 4) is 5.75 Å². The Labute approximate surface area is 114 Å². The maximum Gasteiger partial charge on any atom is 0.306 e. The SMILES string of the molecule is O=C(O)CCO/N=C/c1cc(Br)cc(Br)c1O. The number of aromatic hydroxyl groups is 1. The number of hydrogen-bond donors (Lipinski definition) is 2. The van der Waals surface area contributed by atoms with Crippen LogP contribution in [0.3, 0.4) is 0 Å². The van der Waals surface area contributed by atoms with Crippen LogP contribution in [0.1, 0.15) is 12.0 Å². The first kappa shape index (κ1) is 14.0. The number of halogens is 2. The van der Waals surface area contributed by atoms with Crippen LogP contribution >= 0.6 is 31.9 Å². The molecule has 0 aliphatic heterocycles. The number of aliphatic carboxylic acids is 1. The quantitative estimate of drug-likeness (QED) is 0.477. The minimum absolute atomic E-state index is 0.0121. The van der Waals surface area contributed by atoms with Crippen molar-refractivity contribution in [2.45, 2.75) is 6.42 Å². The molecule has 0 atom stereocenters. The molecule has 2 N–H and O–H groups in total. The maximum absolute atomic E-state index is 10.2. The van der Waals surface area contributed by atoms with Crippen LogP contribution in [-0.2, 0) is 9.63 Å². The van der Waals surface area contributed by atoms with Crippen molar-refractivity contribution >= 4 is 44.0 Å². The number of oxime groups is 1. The van der Waals surface area contributed by atoms with E-state index in [-0.39, 0.29) is 18.8 Å². The average Bonchev–Trinajstić information content (AvgIpc) is 2.23. The molecule has 1 rings (SSSR count). The second-order valence-corrected chi connectivity index (χ2v) is 4.81. The standard InChI is InChI=1S/C10H9Br2NO4/c11-7-3-6(10(16)8(12)4-7)5-13-17-2-1-9(14)15/h3-5,16H,1-2H2,(H,14,15)/b13-5+. The molecule has 0 spiro atoms. The van der Waals surface area contributed by atoms with Gasteiger partial charge in [-0.3, -0.25) is 4.79 Å². The van der Waals surface area contributed by atoms with Gasteiger partial charge in [0.25, 0.3) is 0 Å². The number of carbonyl (C=O) groups is 1.